The van der Waals surface area contributed by atoms with Gasteiger partial charge in [0.1, 0.15) is 11.5 Å². The van der Waals surface area contributed by atoms with Crippen molar-refractivity contribution in [1.29, 1.82) is 0 Å². The number of unbranched alkanes of at least 4 members (excludes halogenated alkanes) is 1. The topological polar surface area (TPSA) is 93.1 Å². The molecule has 0 aromatic heterocycles. The molecule has 0 saturated heterocycles. The number of ether oxygens (including phenoxy) is 2. The Kier molecular flexibility index (Phi) is 12.4. The number of esters is 2. The van der Waals surface area contributed by atoms with Crippen molar-refractivity contribution in [3.63, 3.8) is 0 Å². The van der Waals surface area contributed by atoms with Gasteiger partial charge in [-0.25, -0.2) is 9.59 Å². The molecule has 0 bridgehead atoms. The van der Waals surface area contributed by atoms with E-state index in [2.05, 4.69) is 44.3 Å². The molecule has 0 heterocycles. The SMILES string of the molecule is C=C(CO)C(=O)Oc1ccc(-c2ccc(-c3ccc(OC(=O)C(=C)CO)cc3C3CCC(C4CCC(CCCC)CC4)CC3)cc2)cc1. The minimum absolute atomic E-state index is 0.00367. The number of benzene rings is 3. The highest BCUT2D eigenvalue weighted by molar-refractivity contribution is 5.90. The molecule has 2 fully saturated rings. The average molecular weight is 651 g/mol. The Balaban J connectivity index is 1.31. The van der Waals surface area contributed by atoms with Crippen LogP contribution in [0.3, 0.4) is 0 Å². The fourth-order valence-corrected chi connectivity index (χ4v) is 7.59. The third-order valence-electron chi connectivity index (χ3n) is 10.5. The molecule has 5 rings (SSSR count). The van der Waals surface area contributed by atoms with E-state index >= 15 is 0 Å². The lowest BCUT2D eigenvalue weighted by Gasteiger charge is -2.38. The zero-order valence-electron chi connectivity index (χ0n) is 28.3. The summed E-state index contributed by atoms with van der Waals surface area (Å²) >= 11 is 0. The summed E-state index contributed by atoms with van der Waals surface area (Å²) in [4.78, 5) is 24.4. The summed E-state index contributed by atoms with van der Waals surface area (Å²) in [5.74, 6) is 2.55. The highest BCUT2D eigenvalue weighted by Gasteiger charge is 2.32. The van der Waals surface area contributed by atoms with Crippen molar-refractivity contribution < 1.29 is 29.3 Å². The molecule has 3 aromatic carbocycles. The molecule has 254 valence electrons. The molecule has 2 aliphatic rings. The van der Waals surface area contributed by atoms with Crippen LogP contribution in [0, 0.1) is 17.8 Å². The Hall–Kier alpha value is -4.00. The maximum absolute atomic E-state index is 12.5. The lowest BCUT2D eigenvalue weighted by molar-refractivity contribution is -0.131. The predicted octanol–water partition coefficient (Wildman–Crippen LogP) is 9.20. The van der Waals surface area contributed by atoms with Gasteiger partial charge in [0.25, 0.3) is 0 Å². The van der Waals surface area contributed by atoms with Gasteiger partial charge in [-0.3, -0.25) is 0 Å². The summed E-state index contributed by atoms with van der Waals surface area (Å²) < 4.78 is 10.9. The molecule has 0 atom stereocenters. The standard InChI is InChI=1S/C42H50O6/c1-4-5-6-30-7-9-31(10-8-30)32-13-17-36(18-14-32)40-25-38(48-42(46)29(3)27-44)23-24-39(40)35-15-11-33(12-16-35)34-19-21-37(22-20-34)47-41(45)28(2)26-43/h11-12,15-16,19-25,30-32,36,43-44H,2-10,13-14,17-18,26-27H2,1H3. The number of rotatable bonds is 13. The van der Waals surface area contributed by atoms with Gasteiger partial charge in [0.15, 0.2) is 0 Å². The number of carbonyl (C=O) groups is 2. The first-order valence-electron chi connectivity index (χ1n) is 17.7. The van der Waals surface area contributed by atoms with Crippen LogP contribution in [0.1, 0.15) is 89.0 Å². The number of hydrogen-bond acceptors (Lipinski definition) is 6. The Bertz CT molecular complexity index is 1550. The molecule has 2 aliphatic carbocycles. The second-order valence-electron chi connectivity index (χ2n) is 13.7. The van der Waals surface area contributed by atoms with Crippen molar-refractivity contribution in [2.45, 2.75) is 83.5 Å². The van der Waals surface area contributed by atoms with Gasteiger partial charge < -0.3 is 19.7 Å². The predicted molar refractivity (Wildman–Crippen MR) is 191 cm³/mol. The minimum atomic E-state index is -0.650. The molecule has 0 spiro atoms. The van der Waals surface area contributed by atoms with Crippen LogP contribution in [0.5, 0.6) is 11.5 Å². The molecule has 0 radical (unpaired) electrons. The molecular formula is C42H50O6. The minimum Gasteiger partial charge on any atom is -0.423 e. The van der Waals surface area contributed by atoms with E-state index in [1.54, 1.807) is 12.1 Å². The lowest BCUT2D eigenvalue weighted by Crippen LogP contribution is -2.25. The van der Waals surface area contributed by atoms with Crippen molar-refractivity contribution in [3.05, 3.63) is 96.6 Å². The largest absolute Gasteiger partial charge is 0.423 e. The van der Waals surface area contributed by atoms with Crippen molar-refractivity contribution in [3.8, 4) is 33.8 Å². The van der Waals surface area contributed by atoms with Crippen molar-refractivity contribution in [2.75, 3.05) is 13.2 Å². The van der Waals surface area contributed by atoms with Crippen molar-refractivity contribution in [1.82, 2.24) is 0 Å². The molecule has 2 saturated carbocycles. The molecule has 6 nitrogen and oxygen atoms in total. The zero-order chi connectivity index (χ0) is 34.0. The summed E-state index contributed by atoms with van der Waals surface area (Å²) in [5.41, 5.74) is 5.45. The molecule has 2 N–H and O–H groups in total. The van der Waals surface area contributed by atoms with Crippen LogP contribution in [0.4, 0.5) is 0 Å². The summed E-state index contributed by atoms with van der Waals surface area (Å²) in [7, 11) is 0. The maximum atomic E-state index is 12.5. The van der Waals surface area contributed by atoms with E-state index in [1.807, 2.05) is 30.3 Å². The Morgan fingerprint density at radius 2 is 1.15 bits per heavy atom. The van der Waals surface area contributed by atoms with Crippen LogP contribution in [0.15, 0.2) is 91.0 Å². The summed E-state index contributed by atoms with van der Waals surface area (Å²) in [6.07, 6.45) is 14.3. The van der Waals surface area contributed by atoms with Gasteiger partial charge in [-0.05, 0) is 114 Å². The fourth-order valence-electron chi connectivity index (χ4n) is 7.59. The Morgan fingerprint density at radius 1 is 0.667 bits per heavy atom. The van der Waals surface area contributed by atoms with Crippen LogP contribution in [0.25, 0.3) is 22.3 Å². The van der Waals surface area contributed by atoms with E-state index < -0.39 is 25.2 Å². The van der Waals surface area contributed by atoms with E-state index in [4.69, 9.17) is 14.6 Å². The first-order valence-corrected chi connectivity index (χ1v) is 17.7. The van der Waals surface area contributed by atoms with Gasteiger partial charge in [0, 0.05) is 0 Å². The van der Waals surface area contributed by atoms with Crippen LogP contribution in [0.2, 0.25) is 0 Å². The van der Waals surface area contributed by atoms with E-state index in [9.17, 15) is 14.7 Å². The first-order chi connectivity index (χ1) is 23.3. The monoisotopic (exact) mass is 650 g/mol. The lowest BCUT2D eigenvalue weighted by atomic mass is 9.67. The molecule has 0 amide bonds. The van der Waals surface area contributed by atoms with Crippen molar-refractivity contribution >= 4 is 11.9 Å². The second-order valence-corrected chi connectivity index (χ2v) is 13.7. The number of aliphatic hydroxyl groups is 2. The van der Waals surface area contributed by atoms with Gasteiger partial charge in [0.2, 0.25) is 0 Å². The quantitative estimate of drug-likeness (QED) is 0.109. The summed E-state index contributed by atoms with van der Waals surface area (Å²) in [5, 5.41) is 18.5. The normalized spacial score (nSPS) is 20.9. The molecule has 48 heavy (non-hydrogen) atoms. The fraction of sp³-hybridized carbons (Fsp3) is 0.429. The van der Waals surface area contributed by atoms with Gasteiger partial charge in [-0.1, -0.05) is 94.7 Å². The Labute approximate surface area is 285 Å². The van der Waals surface area contributed by atoms with Crippen LogP contribution in [-0.4, -0.2) is 35.4 Å². The second kappa shape index (κ2) is 16.9. The molecular weight excluding hydrogens is 600 g/mol. The zero-order valence-corrected chi connectivity index (χ0v) is 28.3. The van der Waals surface area contributed by atoms with E-state index in [0.29, 0.717) is 17.4 Å². The average Bonchev–Trinajstić information content (AvgIpc) is 3.14. The van der Waals surface area contributed by atoms with Crippen molar-refractivity contribution in [2.24, 2.45) is 17.8 Å². The number of aliphatic hydroxyl groups excluding tert-OH is 2. The van der Waals surface area contributed by atoms with Crippen LogP contribution >= 0.6 is 0 Å². The maximum Gasteiger partial charge on any atom is 0.341 e. The smallest absolute Gasteiger partial charge is 0.341 e. The molecule has 6 heteroatoms. The van der Waals surface area contributed by atoms with E-state index in [0.717, 1.165) is 52.8 Å². The van der Waals surface area contributed by atoms with Gasteiger partial charge in [-0.15, -0.1) is 0 Å². The molecule has 0 aliphatic heterocycles. The number of hydrogen-bond donors (Lipinski definition) is 2. The first kappa shape index (κ1) is 35.3. The van der Waals surface area contributed by atoms with E-state index in [-0.39, 0.29) is 11.1 Å². The van der Waals surface area contributed by atoms with Crippen LogP contribution < -0.4 is 9.47 Å². The van der Waals surface area contributed by atoms with E-state index in [1.165, 1.54) is 63.4 Å². The molecule has 3 aromatic rings. The number of carbonyl (C=O) groups excluding carboxylic acids is 2. The van der Waals surface area contributed by atoms with Gasteiger partial charge >= 0.3 is 11.9 Å². The summed E-state index contributed by atoms with van der Waals surface area (Å²) in [6, 6.07) is 21.5. The highest BCUT2D eigenvalue weighted by Crippen LogP contribution is 2.47. The highest BCUT2D eigenvalue weighted by atomic mass is 16.5. The third kappa shape index (κ3) is 8.91. The van der Waals surface area contributed by atoms with Gasteiger partial charge in [-0.2, -0.15) is 0 Å². The Morgan fingerprint density at radius 3 is 1.69 bits per heavy atom. The summed E-state index contributed by atoms with van der Waals surface area (Å²) in [6.45, 7) is 8.53. The third-order valence-corrected chi connectivity index (χ3v) is 10.5. The van der Waals surface area contributed by atoms with Gasteiger partial charge in [0.05, 0.1) is 24.4 Å². The van der Waals surface area contributed by atoms with Crippen LogP contribution in [-0.2, 0) is 9.59 Å². The molecule has 0 unspecified atom stereocenters.